The van der Waals surface area contributed by atoms with Gasteiger partial charge in [0.15, 0.2) is 5.78 Å². The largest absolute Gasteiger partial charge is 0.289 e. The molecule has 1 aromatic heterocycles. The molecule has 6 nitrogen and oxygen atoms in total. The molecule has 3 rings (SSSR count). The monoisotopic (exact) mass is 381 g/mol. The van der Waals surface area contributed by atoms with Crippen LogP contribution in [0, 0.1) is 6.92 Å². The lowest BCUT2D eigenvalue weighted by molar-refractivity contribution is 0.105. The van der Waals surface area contributed by atoms with E-state index < -0.39 is 10.0 Å². The zero-order chi connectivity index (χ0) is 19.6. The Balaban J connectivity index is 2.18. The molecule has 1 N–H and O–H groups in total. The molecule has 0 bridgehead atoms. The van der Waals surface area contributed by atoms with Crippen molar-refractivity contribution in [2.75, 3.05) is 6.26 Å². The number of ketones is 1. The van der Waals surface area contributed by atoms with Crippen molar-refractivity contribution in [1.29, 1.82) is 0 Å². The van der Waals surface area contributed by atoms with Crippen molar-refractivity contribution in [3.05, 3.63) is 77.2 Å². The van der Waals surface area contributed by atoms with Gasteiger partial charge in [-0.3, -0.25) is 9.52 Å². The van der Waals surface area contributed by atoms with Crippen molar-refractivity contribution in [2.45, 2.75) is 13.8 Å². The first kappa shape index (κ1) is 18.7. The number of carbonyl (C=O) groups is 1. The summed E-state index contributed by atoms with van der Waals surface area (Å²) in [5.41, 5.74) is 2.69. The van der Waals surface area contributed by atoms with E-state index in [-0.39, 0.29) is 11.5 Å². The standard InChI is InChI=1S/C20H19N3O3S/c1-13-4-6-15(7-5-13)20(24)19(14(2)23-27(3,25)26)16-8-9-17-11-21-22-12-18(17)10-16/h4-12,23H,1-3H3/b19-14-. The Morgan fingerprint density at radius 3 is 2.15 bits per heavy atom. The normalized spacial score (nSPS) is 12.6. The maximum atomic E-state index is 13.2. The first-order valence-electron chi connectivity index (χ1n) is 8.25. The Kier molecular flexibility index (Phi) is 5.05. The highest BCUT2D eigenvalue weighted by molar-refractivity contribution is 7.88. The molecule has 3 aromatic rings. The molecule has 27 heavy (non-hydrogen) atoms. The smallest absolute Gasteiger partial charge is 0.229 e. The second kappa shape index (κ2) is 7.28. The molecule has 0 aliphatic rings. The van der Waals surface area contributed by atoms with E-state index in [0.29, 0.717) is 16.7 Å². The Bertz CT molecular complexity index is 1150. The molecule has 7 heteroatoms. The number of rotatable bonds is 5. The van der Waals surface area contributed by atoms with Crippen molar-refractivity contribution in [3.8, 4) is 0 Å². The number of nitrogens with one attached hydrogen (secondary N) is 1. The van der Waals surface area contributed by atoms with Crippen LogP contribution in [0.3, 0.4) is 0 Å². The van der Waals surface area contributed by atoms with Crippen LogP contribution in [0.4, 0.5) is 0 Å². The maximum absolute atomic E-state index is 13.2. The van der Waals surface area contributed by atoms with Gasteiger partial charge in [0.25, 0.3) is 0 Å². The van der Waals surface area contributed by atoms with Crippen LogP contribution in [0.2, 0.25) is 0 Å². The van der Waals surface area contributed by atoms with E-state index in [1.165, 1.54) is 0 Å². The lowest BCUT2D eigenvalue weighted by Gasteiger charge is -2.14. The van der Waals surface area contributed by atoms with Crippen LogP contribution in [-0.4, -0.2) is 30.7 Å². The molecule has 0 spiro atoms. The summed E-state index contributed by atoms with van der Waals surface area (Å²) in [6, 6.07) is 12.6. The number of hydrogen-bond donors (Lipinski definition) is 1. The molecule has 0 saturated heterocycles. The first-order chi connectivity index (χ1) is 12.7. The van der Waals surface area contributed by atoms with Gasteiger partial charge in [-0.25, -0.2) is 8.42 Å². The number of Topliss-reactive ketones (excluding diaryl/α,β-unsaturated/α-hetero) is 1. The van der Waals surface area contributed by atoms with Crippen LogP contribution in [0.25, 0.3) is 16.3 Å². The third-order valence-corrected chi connectivity index (χ3v) is 4.77. The van der Waals surface area contributed by atoms with E-state index in [0.717, 1.165) is 22.6 Å². The molecule has 138 valence electrons. The highest BCUT2D eigenvalue weighted by atomic mass is 32.2. The number of nitrogens with zero attached hydrogens (tertiary/aromatic N) is 2. The molecule has 0 aliphatic heterocycles. The van der Waals surface area contributed by atoms with Gasteiger partial charge in [-0.1, -0.05) is 42.0 Å². The van der Waals surface area contributed by atoms with Crippen LogP contribution in [0.15, 0.2) is 60.6 Å². The fourth-order valence-electron chi connectivity index (χ4n) is 2.85. The number of carbonyl (C=O) groups excluding carboxylic acids is 1. The zero-order valence-electron chi connectivity index (χ0n) is 15.2. The number of hydrogen-bond acceptors (Lipinski definition) is 5. The summed E-state index contributed by atoms with van der Waals surface area (Å²) in [6.45, 7) is 3.52. The maximum Gasteiger partial charge on any atom is 0.229 e. The van der Waals surface area contributed by atoms with E-state index >= 15 is 0 Å². The molecule has 0 atom stereocenters. The quantitative estimate of drug-likeness (QED) is 0.542. The Morgan fingerprint density at radius 2 is 1.52 bits per heavy atom. The molecule has 0 aliphatic carbocycles. The molecule has 0 unspecified atom stereocenters. The van der Waals surface area contributed by atoms with Gasteiger partial charge in [0.05, 0.1) is 18.6 Å². The van der Waals surface area contributed by atoms with Crippen molar-refractivity contribution in [3.63, 3.8) is 0 Å². The van der Waals surface area contributed by atoms with Crippen molar-refractivity contribution in [2.24, 2.45) is 0 Å². The summed E-state index contributed by atoms with van der Waals surface area (Å²) in [7, 11) is -3.52. The van der Waals surface area contributed by atoms with Gasteiger partial charge in [-0.2, -0.15) is 10.2 Å². The molecule has 0 fully saturated rings. The summed E-state index contributed by atoms with van der Waals surface area (Å²) in [4.78, 5) is 13.2. The molecule has 1 heterocycles. The number of fused-ring (bicyclic) bond motifs is 1. The Labute approximate surface area is 158 Å². The summed E-state index contributed by atoms with van der Waals surface area (Å²) in [5, 5.41) is 9.40. The summed E-state index contributed by atoms with van der Waals surface area (Å²) in [5.74, 6) is -0.259. The highest BCUT2D eigenvalue weighted by Gasteiger charge is 2.19. The molecular formula is C20H19N3O3S. The predicted molar refractivity (Wildman–Crippen MR) is 106 cm³/mol. The molecule has 0 amide bonds. The Hall–Kier alpha value is -3.06. The lowest BCUT2D eigenvalue weighted by atomic mass is 9.93. The number of sulfonamides is 1. The van der Waals surface area contributed by atoms with Crippen LogP contribution in [-0.2, 0) is 10.0 Å². The van der Waals surface area contributed by atoms with E-state index in [1.807, 2.05) is 25.1 Å². The second-order valence-corrected chi connectivity index (χ2v) is 8.15. The second-order valence-electron chi connectivity index (χ2n) is 6.40. The van der Waals surface area contributed by atoms with Gasteiger partial charge in [0, 0.05) is 27.6 Å². The average molecular weight is 381 g/mol. The van der Waals surface area contributed by atoms with Gasteiger partial charge in [0.2, 0.25) is 10.0 Å². The Morgan fingerprint density at radius 1 is 0.926 bits per heavy atom. The van der Waals surface area contributed by atoms with Gasteiger partial charge < -0.3 is 0 Å². The third-order valence-electron chi connectivity index (χ3n) is 4.09. The number of allylic oxidation sites excluding steroid dienone is 2. The minimum absolute atomic E-state index is 0.259. The van der Waals surface area contributed by atoms with E-state index in [4.69, 9.17) is 0 Å². The minimum Gasteiger partial charge on any atom is -0.289 e. The highest BCUT2D eigenvalue weighted by Crippen LogP contribution is 2.26. The molecule has 0 saturated carbocycles. The van der Waals surface area contributed by atoms with Gasteiger partial charge in [0.1, 0.15) is 0 Å². The topological polar surface area (TPSA) is 89.0 Å². The minimum atomic E-state index is -3.52. The molecule has 0 radical (unpaired) electrons. The fraction of sp³-hybridized carbons (Fsp3) is 0.150. The summed E-state index contributed by atoms with van der Waals surface area (Å²) in [6.07, 6.45) is 4.29. The zero-order valence-corrected chi connectivity index (χ0v) is 16.0. The van der Waals surface area contributed by atoms with E-state index in [9.17, 15) is 13.2 Å². The number of aromatic nitrogens is 2. The van der Waals surface area contributed by atoms with Crippen LogP contribution < -0.4 is 4.72 Å². The van der Waals surface area contributed by atoms with Crippen molar-refractivity contribution < 1.29 is 13.2 Å². The van der Waals surface area contributed by atoms with Crippen LogP contribution in [0.1, 0.15) is 28.4 Å². The first-order valence-corrected chi connectivity index (χ1v) is 10.1. The number of benzene rings is 2. The van der Waals surface area contributed by atoms with E-state index in [2.05, 4.69) is 14.9 Å². The van der Waals surface area contributed by atoms with Gasteiger partial charge in [-0.05, 0) is 25.5 Å². The van der Waals surface area contributed by atoms with Gasteiger partial charge in [-0.15, -0.1) is 0 Å². The molecule has 2 aromatic carbocycles. The van der Waals surface area contributed by atoms with E-state index in [1.54, 1.807) is 43.6 Å². The number of aryl methyl sites for hydroxylation is 1. The fourth-order valence-corrected chi connectivity index (χ4v) is 3.51. The van der Waals surface area contributed by atoms with Crippen LogP contribution in [0.5, 0.6) is 0 Å². The molecular weight excluding hydrogens is 362 g/mol. The SMILES string of the molecule is C/C(NS(C)(=O)=O)=C(/C(=O)c1ccc(C)cc1)c1ccc2cnncc2c1. The van der Waals surface area contributed by atoms with Crippen molar-refractivity contribution in [1.82, 2.24) is 14.9 Å². The van der Waals surface area contributed by atoms with Crippen LogP contribution >= 0.6 is 0 Å². The summed E-state index contributed by atoms with van der Waals surface area (Å²) >= 11 is 0. The lowest BCUT2D eigenvalue weighted by Crippen LogP contribution is -2.22. The predicted octanol–water partition coefficient (Wildman–Crippen LogP) is 3.10. The summed E-state index contributed by atoms with van der Waals surface area (Å²) < 4.78 is 25.9. The van der Waals surface area contributed by atoms with Gasteiger partial charge >= 0.3 is 0 Å². The third kappa shape index (κ3) is 4.38. The average Bonchev–Trinajstić information content (AvgIpc) is 2.61. The van der Waals surface area contributed by atoms with Crippen molar-refractivity contribution >= 4 is 32.2 Å².